The summed E-state index contributed by atoms with van der Waals surface area (Å²) in [5.74, 6) is 0.632. The molecule has 3 N–H and O–H groups in total. The smallest absolute Gasteiger partial charge is 0.131 e. The minimum Gasteiger partial charge on any atom is -0.354 e. The number of hydrogen-bond donors (Lipinski definition) is 3. The van der Waals surface area contributed by atoms with Crippen LogP contribution >= 0.6 is 11.3 Å². The van der Waals surface area contributed by atoms with Crippen molar-refractivity contribution in [1.29, 1.82) is 5.41 Å². The van der Waals surface area contributed by atoms with E-state index in [9.17, 15) is 0 Å². The third kappa shape index (κ3) is 9.11. The number of thiophene rings is 1. The van der Waals surface area contributed by atoms with Crippen molar-refractivity contribution in [3.05, 3.63) is 77.3 Å². The third-order valence-electron chi connectivity index (χ3n) is 4.69. The molecule has 0 radical (unpaired) electrons. The van der Waals surface area contributed by atoms with Crippen molar-refractivity contribution >= 4 is 22.2 Å². The molecule has 1 aliphatic heterocycles. The fraction of sp³-hybridized carbons (Fsp3) is 0.423. The fourth-order valence-electron chi connectivity index (χ4n) is 3.33. The van der Waals surface area contributed by atoms with E-state index in [2.05, 4.69) is 65.4 Å². The molecule has 1 aromatic heterocycles. The molecular formula is C26H40N4S. The Hall–Kier alpha value is -2.37. The number of nitrogens with zero attached hydrogens (tertiary/aromatic N) is 1. The van der Waals surface area contributed by atoms with Crippen molar-refractivity contribution in [1.82, 2.24) is 10.2 Å². The van der Waals surface area contributed by atoms with E-state index in [0.717, 1.165) is 43.0 Å². The van der Waals surface area contributed by atoms with E-state index in [0.29, 0.717) is 11.9 Å². The lowest BCUT2D eigenvalue weighted by molar-refractivity contribution is 0.281. The summed E-state index contributed by atoms with van der Waals surface area (Å²) in [7, 11) is 0. The van der Waals surface area contributed by atoms with Crippen molar-refractivity contribution in [2.45, 2.75) is 53.5 Å². The zero-order valence-corrected chi connectivity index (χ0v) is 20.7. The number of rotatable bonds is 6. The molecule has 1 aliphatic rings. The van der Waals surface area contributed by atoms with E-state index in [1.165, 1.54) is 10.4 Å². The van der Waals surface area contributed by atoms with Crippen molar-refractivity contribution in [2.24, 2.45) is 0 Å². The quantitative estimate of drug-likeness (QED) is 0.275. The molecule has 0 aliphatic carbocycles. The van der Waals surface area contributed by atoms with Crippen molar-refractivity contribution in [3.63, 3.8) is 0 Å². The average Bonchev–Trinajstić information content (AvgIpc) is 3.19. The van der Waals surface area contributed by atoms with Gasteiger partial charge in [-0.25, -0.2) is 0 Å². The molecule has 3 rings (SSSR count). The summed E-state index contributed by atoms with van der Waals surface area (Å²) < 4.78 is 0. The lowest BCUT2D eigenvalue weighted by atomic mass is 10.0. The molecule has 0 spiro atoms. The van der Waals surface area contributed by atoms with Crippen LogP contribution in [-0.4, -0.2) is 36.4 Å². The number of anilines is 1. The van der Waals surface area contributed by atoms with Gasteiger partial charge < -0.3 is 15.5 Å². The molecule has 2 heterocycles. The highest BCUT2D eigenvalue weighted by Gasteiger charge is 2.24. The first-order valence-electron chi connectivity index (χ1n) is 11.2. The van der Waals surface area contributed by atoms with Crippen LogP contribution in [-0.2, 0) is 6.42 Å². The van der Waals surface area contributed by atoms with Gasteiger partial charge in [-0.2, -0.15) is 0 Å². The van der Waals surface area contributed by atoms with Crippen LogP contribution in [0.4, 0.5) is 5.00 Å². The van der Waals surface area contributed by atoms with Crippen LogP contribution < -0.4 is 10.6 Å². The van der Waals surface area contributed by atoms with E-state index in [-0.39, 0.29) is 0 Å². The van der Waals surface area contributed by atoms with Gasteiger partial charge in [0.2, 0.25) is 0 Å². The van der Waals surface area contributed by atoms with Crippen molar-refractivity contribution in [3.8, 4) is 0 Å². The summed E-state index contributed by atoms with van der Waals surface area (Å²) >= 11 is 1.71. The lowest BCUT2D eigenvalue weighted by Crippen LogP contribution is -2.52. The normalized spacial score (nSPS) is 15.4. The monoisotopic (exact) mass is 440 g/mol. The van der Waals surface area contributed by atoms with Gasteiger partial charge in [0.15, 0.2) is 0 Å². The van der Waals surface area contributed by atoms with Gasteiger partial charge in [-0.1, -0.05) is 56.3 Å². The summed E-state index contributed by atoms with van der Waals surface area (Å²) in [6, 6.07) is 13.2. The predicted molar refractivity (Wildman–Crippen MR) is 140 cm³/mol. The summed E-state index contributed by atoms with van der Waals surface area (Å²) in [6.07, 6.45) is 7.83. The van der Waals surface area contributed by atoms with E-state index in [1.54, 1.807) is 17.4 Å². The molecular weight excluding hydrogens is 400 g/mol. The number of aryl methyl sites for hydroxylation is 2. The van der Waals surface area contributed by atoms with Crippen LogP contribution in [0.5, 0.6) is 0 Å². The Morgan fingerprint density at radius 3 is 2.61 bits per heavy atom. The zero-order chi connectivity index (χ0) is 23.1. The number of nitrogens with one attached hydrogen (secondary N) is 3. The molecule has 4 nitrogen and oxygen atoms in total. The molecule has 31 heavy (non-hydrogen) atoms. The minimum atomic E-state index is 0.427. The Balaban J connectivity index is 0.000000884. The Morgan fingerprint density at radius 1 is 1.29 bits per heavy atom. The first-order chi connectivity index (χ1) is 15.1. The molecule has 1 aromatic carbocycles. The molecule has 1 unspecified atom stereocenters. The van der Waals surface area contributed by atoms with Gasteiger partial charge >= 0.3 is 0 Å². The minimum absolute atomic E-state index is 0.427. The van der Waals surface area contributed by atoms with Gasteiger partial charge in [0.05, 0.1) is 5.56 Å². The molecule has 0 saturated carbocycles. The second-order valence-electron chi connectivity index (χ2n) is 7.12. The van der Waals surface area contributed by atoms with Crippen LogP contribution in [0.15, 0.2) is 61.3 Å². The zero-order valence-electron chi connectivity index (χ0n) is 19.9. The maximum Gasteiger partial charge on any atom is 0.131 e. The number of hydrogen-bond acceptors (Lipinski definition) is 4. The van der Waals surface area contributed by atoms with Crippen LogP contribution in [0.2, 0.25) is 0 Å². The highest BCUT2D eigenvalue weighted by molar-refractivity contribution is 7.16. The predicted octanol–water partition coefficient (Wildman–Crippen LogP) is 6.45. The topological polar surface area (TPSA) is 51.2 Å². The first kappa shape index (κ1) is 26.7. The Kier molecular flexibility index (Phi) is 13.3. The highest BCUT2D eigenvalue weighted by atomic mass is 32.1. The van der Waals surface area contributed by atoms with Gasteiger partial charge in [0, 0.05) is 30.6 Å². The molecule has 0 bridgehead atoms. The second-order valence-corrected chi connectivity index (χ2v) is 8.38. The largest absolute Gasteiger partial charge is 0.354 e. The van der Waals surface area contributed by atoms with Crippen molar-refractivity contribution < 1.29 is 0 Å². The van der Waals surface area contributed by atoms with Crippen molar-refractivity contribution in [2.75, 3.05) is 25.0 Å². The Labute approximate surface area is 193 Å². The number of allylic oxidation sites excluding steroid dienone is 2. The Morgan fingerprint density at radius 2 is 1.97 bits per heavy atom. The number of piperazine rings is 1. The standard InChI is InChI=1S/C21H28N4S.C3H6.C2H6/c1-3-11-24-21-19(14-16(2)26-21)20(22)25-13-12-23-18(15-25)10-9-17-7-5-4-6-8-17;1-3-2;1-2/h3-8,11,14,18,22-24H,9-10,12-13,15H2,1-2H3;3H,1H2,2H3;1-2H3/b11-3+,22-20?;;. The van der Waals surface area contributed by atoms with Crippen LogP contribution in [0.3, 0.4) is 0 Å². The number of benzene rings is 1. The highest BCUT2D eigenvalue weighted by Crippen LogP contribution is 2.29. The third-order valence-corrected chi connectivity index (χ3v) is 5.67. The van der Waals surface area contributed by atoms with Gasteiger partial charge in [-0.15, -0.1) is 17.9 Å². The van der Waals surface area contributed by atoms with Gasteiger partial charge in [-0.05, 0) is 51.4 Å². The van der Waals surface area contributed by atoms with Crippen LogP contribution in [0.1, 0.15) is 50.1 Å². The van der Waals surface area contributed by atoms with E-state index < -0.39 is 0 Å². The average molecular weight is 441 g/mol. The molecule has 0 amide bonds. The summed E-state index contributed by atoms with van der Waals surface area (Å²) in [5.41, 5.74) is 2.39. The number of amidine groups is 1. The maximum absolute atomic E-state index is 8.74. The summed E-state index contributed by atoms with van der Waals surface area (Å²) in [4.78, 5) is 3.45. The molecule has 1 fully saturated rings. The molecule has 1 saturated heterocycles. The van der Waals surface area contributed by atoms with E-state index in [1.807, 2.05) is 40.0 Å². The maximum atomic E-state index is 8.74. The molecule has 170 valence electrons. The van der Waals surface area contributed by atoms with E-state index in [4.69, 9.17) is 5.41 Å². The summed E-state index contributed by atoms with van der Waals surface area (Å²) in [5, 5.41) is 16.7. The lowest BCUT2D eigenvalue weighted by Gasteiger charge is -2.35. The SMILES string of the molecule is C/C=C/Nc1sc(C)cc1C(=N)N1CCNC(CCc2ccccc2)C1.C=CC.CC. The molecule has 2 aromatic rings. The van der Waals surface area contributed by atoms with Crippen LogP contribution in [0.25, 0.3) is 0 Å². The van der Waals surface area contributed by atoms with E-state index >= 15 is 0 Å². The summed E-state index contributed by atoms with van der Waals surface area (Å²) in [6.45, 7) is 16.1. The van der Waals surface area contributed by atoms with Gasteiger partial charge in [-0.3, -0.25) is 5.41 Å². The first-order valence-corrected chi connectivity index (χ1v) is 12.1. The molecule has 5 heteroatoms. The van der Waals surface area contributed by atoms with Gasteiger partial charge in [0.25, 0.3) is 0 Å². The molecule has 1 atom stereocenters. The Bertz CT molecular complexity index is 795. The van der Waals surface area contributed by atoms with Gasteiger partial charge in [0.1, 0.15) is 10.8 Å². The van der Waals surface area contributed by atoms with Crippen LogP contribution in [0, 0.1) is 12.3 Å². The second kappa shape index (κ2) is 15.4. The fourth-order valence-corrected chi connectivity index (χ4v) is 4.23.